The molecule has 0 aromatic heterocycles. The lowest BCUT2D eigenvalue weighted by Gasteiger charge is -2.08. The second-order valence-corrected chi connectivity index (χ2v) is 4.35. The van der Waals surface area contributed by atoms with Gasteiger partial charge in [-0.1, -0.05) is 60.2 Å². The molecule has 0 saturated carbocycles. The van der Waals surface area contributed by atoms with Crippen molar-refractivity contribution in [1.29, 1.82) is 0 Å². The van der Waals surface area contributed by atoms with Gasteiger partial charge in [-0.05, 0) is 35.6 Å². The fourth-order valence-corrected chi connectivity index (χ4v) is 2.30. The number of hydrogen-bond donors (Lipinski definition) is 0. The molecule has 0 aliphatic heterocycles. The SMILES string of the molecule is Cc1ccc(-c2cccc3c2CC=C3)cc1. The van der Waals surface area contributed by atoms with E-state index in [0.29, 0.717) is 0 Å². The Morgan fingerprint density at radius 1 is 0.938 bits per heavy atom. The average Bonchev–Trinajstić information content (AvgIpc) is 2.78. The third-order valence-electron chi connectivity index (χ3n) is 3.19. The number of allylic oxidation sites excluding steroid dienone is 1. The van der Waals surface area contributed by atoms with Crippen molar-refractivity contribution in [3.05, 3.63) is 65.2 Å². The van der Waals surface area contributed by atoms with E-state index in [1.54, 1.807) is 0 Å². The molecule has 0 spiro atoms. The largest absolute Gasteiger partial charge is 0.0795 e. The second kappa shape index (κ2) is 3.64. The molecule has 1 aliphatic rings. The summed E-state index contributed by atoms with van der Waals surface area (Å²) in [6.45, 7) is 2.13. The van der Waals surface area contributed by atoms with E-state index in [1.807, 2.05) is 0 Å². The number of rotatable bonds is 1. The first-order valence-electron chi connectivity index (χ1n) is 5.70. The van der Waals surface area contributed by atoms with Gasteiger partial charge in [0.15, 0.2) is 0 Å². The molecule has 0 saturated heterocycles. The molecular weight excluding hydrogens is 192 g/mol. The lowest BCUT2D eigenvalue weighted by molar-refractivity contribution is 1.31. The van der Waals surface area contributed by atoms with Crippen LogP contribution in [0.1, 0.15) is 16.7 Å². The first kappa shape index (κ1) is 9.41. The van der Waals surface area contributed by atoms with Crippen LogP contribution in [0.25, 0.3) is 17.2 Å². The highest BCUT2D eigenvalue weighted by atomic mass is 14.1. The van der Waals surface area contributed by atoms with Gasteiger partial charge >= 0.3 is 0 Å². The molecule has 0 heteroatoms. The van der Waals surface area contributed by atoms with E-state index in [-0.39, 0.29) is 0 Å². The molecule has 0 heterocycles. The minimum Gasteiger partial charge on any atom is -0.0795 e. The van der Waals surface area contributed by atoms with Gasteiger partial charge in [0, 0.05) is 0 Å². The molecule has 3 rings (SSSR count). The smallest absolute Gasteiger partial charge is 0.00820 e. The van der Waals surface area contributed by atoms with Gasteiger partial charge in [-0.15, -0.1) is 0 Å². The van der Waals surface area contributed by atoms with Crippen LogP contribution in [-0.4, -0.2) is 0 Å². The fourth-order valence-electron chi connectivity index (χ4n) is 2.30. The molecule has 78 valence electrons. The zero-order valence-electron chi connectivity index (χ0n) is 9.40. The average molecular weight is 206 g/mol. The van der Waals surface area contributed by atoms with Crippen LogP contribution in [0.15, 0.2) is 48.5 Å². The van der Waals surface area contributed by atoms with E-state index in [1.165, 1.54) is 27.8 Å². The summed E-state index contributed by atoms with van der Waals surface area (Å²) in [5.74, 6) is 0. The molecular formula is C16H14. The summed E-state index contributed by atoms with van der Waals surface area (Å²) in [4.78, 5) is 0. The van der Waals surface area contributed by atoms with Crippen molar-refractivity contribution in [2.24, 2.45) is 0 Å². The molecule has 0 radical (unpaired) electrons. The van der Waals surface area contributed by atoms with Crippen LogP contribution in [0.4, 0.5) is 0 Å². The summed E-state index contributed by atoms with van der Waals surface area (Å²) in [7, 11) is 0. The Bertz CT molecular complexity index is 545. The Hall–Kier alpha value is -1.82. The normalized spacial score (nSPS) is 12.8. The summed E-state index contributed by atoms with van der Waals surface area (Å²) in [6.07, 6.45) is 5.52. The van der Waals surface area contributed by atoms with Gasteiger partial charge in [0.1, 0.15) is 0 Å². The summed E-state index contributed by atoms with van der Waals surface area (Å²) in [6, 6.07) is 15.3. The summed E-state index contributed by atoms with van der Waals surface area (Å²) in [5.41, 5.74) is 6.85. The van der Waals surface area contributed by atoms with E-state index in [4.69, 9.17) is 0 Å². The third kappa shape index (κ3) is 1.47. The molecule has 16 heavy (non-hydrogen) atoms. The molecule has 0 amide bonds. The van der Waals surface area contributed by atoms with E-state index >= 15 is 0 Å². The lowest BCUT2D eigenvalue weighted by Crippen LogP contribution is -1.88. The van der Waals surface area contributed by atoms with Crippen LogP contribution >= 0.6 is 0 Å². The molecule has 1 aliphatic carbocycles. The van der Waals surface area contributed by atoms with E-state index < -0.39 is 0 Å². The number of hydrogen-bond acceptors (Lipinski definition) is 0. The molecule has 0 atom stereocenters. The number of benzene rings is 2. The van der Waals surface area contributed by atoms with Crippen LogP contribution in [0, 0.1) is 6.92 Å². The quantitative estimate of drug-likeness (QED) is 0.655. The topological polar surface area (TPSA) is 0 Å². The summed E-state index contributed by atoms with van der Waals surface area (Å²) in [5, 5.41) is 0. The molecule has 0 fully saturated rings. The van der Waals surface area contributed by atoms with Crippen molar-refractivity contribution >= 4 is 6.08 Å². The Labute approximate surface area is 96.3 Å². The van der Waals surface area contributed by atoms with Crippen LogP contribution in [0.2, 0.25) is 0 Å². The molecule has 0 N–H and O–H groups in total. The van der Waals surface area contributed by atoms with Crippen molar-refractivity contribution in [3.8, 4) is 11.1 Å². The van der Waals surface area contributed by atoms with E-state index in [9.17, 15) is 0 Å². The van der Waals surface area contributed by atoms with Crippen molar-refractivity contribution in [3.63, 3.8) is 0 Å². The standard InChI is InChI=1S/C16H14/c1-12-8-10-14(11-9-12)16-7-3-5-13-4-2-6-15(13)16/h2-5,7-11H,6H2,1H3. The third-order valence-corrected chi connectivity index (χ3v) is 3.19. The van der Waals surface area contributed by atoms with Crippen LogP contribution in [0.5, 0.6) is 0 Å². The maximum absolute atomic E-state index is 2.24. The molecule has 2 aromatic rings. The van der Waals surface area contributed by atoms with Crippen molar-refractivity contribution < 1.29 is 0 Å². The predicted octanol–water partition coefficient (Wildman–Crippen LogP) is 4.23. The lowest BCUT2D eigenvalue weighted by atomic mass is 9.96. The zero-order chi connectivity index (χ0) is 11.0. The highest BCUT2D eigenvalue weighted by Crippen LogP contribution is 2.30. The Balaban J connectivity index is 2.14. The Morgan fingerprint density at radius 3 is 2.56 bits per heavy atom. The summed E-state index contributed by atoms with van der Waals surface area (Å²) >= 11 is 0. The highest BCUT2D eigenvalue weighted by molar-refractivity contribution is 5.75. The van der Waals surface area contributed by atoms with Crippen molar-refractivity contribution in [2.45, 2.75) is 13.3 Å². The highest BCUT2D eigenvalue weighted by Gasteiger charge is 2.10. The van der Waals surface area contributed by atoms with Gasteiger partial charge in [0.05, 0.1) is 0 Å². The molecule has 0 bridgehead atoms. The molecule has 0 unspecified atom stereocenters. The van der Waals surface area contributed by atoms with E-state index in [2.05, 4.69) is 61.5 Å². The van der Waals surface area contributed by atoms with Gasteiger partial charge < -0.3 is 0 Å². The Morgan fingerprint density at radius 2 is 1.75 bits per heavy atom. The minimum atomic E-state index is 1.07. The van der Waals surface area contributed by atoms with Crippen LogP contribution < -0.4 is 0 Å². The summed E-state index contributed by atoms with van der Waals surface area (Å²) < 4.78 is 0. The van der Waals surface area contributed by atoms with Crippen molar-refractivity contribution in [2.75, 3.05) is 0 Å². The Kier molecular flexibility index (Phi) is 2.14. The van der Waals surface area contributed by atoms with Gasteiger partial charge in [0.2, 0.25) is 0 Å². The van der Waals surface area contributed by atoms with Gasteiger partial charge in [0.25, 0.3) is 0 Å². The molecule has 0 nitrogen and oxygen atoms in total. The number of aryl methyl sites for hydroxylation is 1. The van der Waals surface area contributed by atoms with Crippen LogP contribution in [0.3, 0.4) is 0 Å². The zero-order valence-corrected chi connectivity index (χ0v) is 9.40. The maximum Gasteiger partial charge on any atom is -0.00820 e. The van der Waals surface area contributed by atoms with Gasteiger partial charge in [-0.2, -0.15) is 0 Å². The maximum atomic E-state index is 2.24. The monoisotopic (exact) mass is 206 g/mol. The van der Waals surface area contributed by atoms with E-state index in [0.717, 1.165) is 6.42 Å². The fraction of sp³-hybridized carbons (Fsp3) is 0.125. The molecule has 2 aromatic carbocycles. The first-order valence-corrected chi connectivity index (χ1v) is 5.70. The second-order valence-electron chi connectivity index (χ2n) is 4.35. The van der Waals surface area contributed by atoms with Crippen molar-refractivity contribution in [1.82, 2.24) is 0 Å². The minimum absolute atomic E-state index is 1.07. The van der Waals surface area contributed by atoms with Gasteiger partial charge in [-0.25, -0.2) is 0 Å². The first-order chi connectivity index (χ1) is 7.84. The number of fused-ring (bicyclic) bond motifs is 1. The van der Waals surface area contributed by atoms with Gasteiger partial charge in [-0.3, -0.25) is 0 Å². The predicted molar refractivity (Wildman–Crippen MR) is 69.4 cm³/mol. The van der Waals surface area contributed by atoms with Crippen LogP contribution in [-0.2, 0) is 6.42 Å².